The van der Waals surface area contributed by atoms with E-state index in [1.54, 1.807) is 31.2 Å². The van der Waals surface area contributed by atoms with Crippen molar-refractivity contribution in [3.05, 3.63) is 69.8 Å². The summed E-state index contributed by atoms with van der Waals surface area (Å²) in [5.74, 6) is -0.418. The van der Waals surface area contributed by atoms with E-state index in [-0.39, 0.29) is 18.7 Å². The van der Waals surface area contributed by atoms with Gasteiger partial charge in [-0.1, -0.05) is 24.3 Å². The maximum atomic E-state index is 12.7. The maximum Gasteiger partial charge on any atom is 0.307 e. The van der Waals surface area contributed by atoms with Gasteiger partial charge in [-0.25, -0.2) is 13.1 Å². The number of rotatable bonds is 10. The smallest absolute Gasteiger partial charge is 0.307 e. The topological polar surface area (TPSA) is 125 Å². The first-order valence-corrected chi connectivity index (χ1v) is 10.4. The van der Waals surface area contributed by atoms with Gasteiger partial charge in [0.2, 0.25) is 10.0 Å². The Labute approximate surface area is 168 Å². The van der Waals surface area contributed by atoms with Crippen LogP contribution in [0, 0.1) is 10.1 Å². The summed E-state index contributed by atoms with van der Waals surface area (Å²) in [6.07, 6.45) is -0.194. The quantitative estimate of drug-likeness (QED) is 0.354. The van der Waals surface area contributed by atoms with E-state index in [9.17, 15) is 23.3 Å². The second-order valence-corrected chi connectivity index (χ2v) is 7.89. The van der Waals surface area contributed by atoms with Crippen LogP contribution in [0.1, 0.15) is 30.5 Å². The first kappa shape index (κ1) is 22.3. The SMILES string of the molecule is CCOC(=O)CC(NS(=O)(=O)Cc1ccc([N+](=O)[O-])cc1)c1cccc(OC)c1. The van der Waals surface area contributed by atoms with Crippen molar-refractivity contribution in [2.45, 2.75) is 25.1 Å². The molecule has 1 N–H and O–H groups in total. The number of sulfonamides is 1. The van der Waals surface area contributed by atoms with Crippen molar-refractivity contribution in [2.24, 2.45) is 0 Å². The van der Waals surface area contributed by atoms with Crippen LogP contribution in [0.5, 0.6) is 5.75 Å². The number of non-ortho nitro benzene ring substituents is 1. The van der Waals surface area contributed by atoms with E-state index < -0.39 is 32.7 Å². The third-order valence-electron chi connectivity index (χ3n) is 4.00. The highest BCUT2D eigenvalue weighted by Crippen LogP contribution is 2.24. The molecule has 0 radical (unpaired) electrons. The fourth-order valence-corrected chi connectivity index (χ4v) is 4.03. The molecule has 2 rings (SSSR count). The van der Waals surface area contributed by atoms with Crippen molar-refractivity contribution in [1.82, 2.24) is 4.72 Å². The number of hydrogen-bond donors (Lipinski definition) is 1. The molecule has 0 aliphatic rings. The molecule has 0 spiro atoms. The zero-order valence-electron chi connectivity index (χ0n) is 16.0. The normalized spacial score (nSPS) is 12.2. The fourth-order valence-electron chi connectivity index (χ4n) is 2.66. The molecule has 0 saturated carbocycles. The molecule has 0 bridgehead atoms. The molecule has 9 nitrogen and oxygen atoms in total. The first-order valence-electron chi connectivity index (χ1n) is 8.77. The van der Waals surface area contributed by atoms with E-state index >= 15 is 0 Å². The van der Waals surface area contributed by atoms with Crippen molar-refractivity contribution >= 4 is 21.7 Å². The Morgan fingerprint density at radius 3 is 2.48 bits per heavy atom. The minimum Gasteiger partial charge on any atom is -0.497 e. The molecule has 0 aliphatic carbocycles. The van der Waals surface area contributed by atoms with Crippen LogP contribution in [0.3, 0.4) is 0 Å². The lowest BCUT2D eigenvalue weighted by Gasteiger charge is -2.19. The summed E-state index contributed by atoms with van der Waals surface area (Å²) in [5.41, 5.74) is 0.795. The highest BCUT2D eigenvalue weighted by molar-refractivity contribution is 7.88. The lowest BCUT2D eigenvalue weighted by Crippen LogP contribution is -2.31. The number of nitro groups is 1. The second-order valence-electron chi connectivity index (χ2n) is 6.14. The van der Waals surface area contributed by atoms with Gasteiger partial charge in [-0.3, -0.25) is 14.9 Å². The molecule has 0 saturated heterocycles. The van der Waals surface area contributed by atoms with E-state index in [0.717, 1.165) is 0 Å². The van der Waals surface area contributed by atoms with Crippen LogP contribution >= 0.6 is 0 Å². The van der Waals surface area contributed by atoms with Gasteiger partial charge in [-0.15, -0.1) is 0 Å². The summed E-state index contributed by atoms with van der Waals surface area (Å²) >= 11 is 0. The van der Waals surface area contributed by atoms with Crippen LogP contribution in [0.15, 0.2) is 48.5 Å². The average molecular weight is 422 g/mol. The van der Waals surface area contributed by atoms with Crippen LogP contribution in [0.25, 0.3) is 0 Å². The van der Waals surface area contributed by atoms with E-state index in [2.05, 4.69) is 4.72 Å². The Morgan fingerprint density at radius 1 is 1.21 bits per heavy atom. The minimum absolute atomic E-state index is 0.129. The van der Waals surface area contributed by atoms with Gasteiger partial charge in [0.15, 0.2) is 0 Å². The van der Waals surface area contributed by atoms with Crippen molar-refractivity contribution in [2.75, 3.05) is 13.7 Å². The molecule has 156 valence electrons. The summed E-state index contributed by atoms with van der Waals surface area (Å²) in [6.45, 7) is 1.84. The van der Waals surface area contributed by atoms with E-state index in [1.807, 2.05) is 0 Å². The number of methoxy groups -OCH3 is 1. The molecule has 1 unspecified atom stereocenters. The summed E-state index contributed by atoms with van der Waals surface area (Å²) in [6, 6.07) is 11.1. The van der Waals surface area contributed by atoms with Crippen LogP contribution in [-0.2, 0) is 25.3 Å². The Kier molecular flexibility index (Phi) is 7.68. The molecular formula is C19H22N2O7S. The molecule has 1 atom stereocenters. The molecule has 10 heteroatoms. The van der Waals surface area contributed by atoms with Gasteiger partial charge >= 0.3 is 5.97 Å². The highest BCUT2D eigenvalue weighted by Gasteiger charge is 2.24. The van der Waals surface area contributed by atoms with Gasteiger partial charge in [-0.2, -0.15) is 0 Å². The first-order chi connectivity index (χ1) is 13.7. The summed E-state index contributed by atoms with van der Waals surface area (Å²) in [5, 5.41) is 10.7. The predicted octanol–water partition coefficient (Wildman–Crippen LogP) is 2.72. The van der Waals surface area contributed by atoms with Crippen molar-refractivity contribution in [3.8, 4) is 5.75 Å². The molecule has 2 aromatic carbocycles. The average Bonchev–Trinajstić information content (AvgIpc) is 2.67. The van der Waals surface area contributed by atoms with Crippen LogP contribution in [-0.4, -0.2) is 33.0 Å². The lowest BCUT2D eigenvalue weighted by molar-refractivity contribution is -0.384. The van der Waals surface area contributed by atoms with Gasteiger partial charge in [0.25, 0.3) is 5.69 Å². The van der Waals surface area contributed by atoms with Gasteiger partial charge in [-0.05, 0) is 30.2 Å². The minimum atomic E-state index is -3.86. The second kappa shape index (κ2) is 9.99. The van der Waals surface area contributed by atoms with Crippen LogP contribution < -0.4 is 9.46 Å². The molecule has 0 aliphatic heterocycles. The van der Waals surface area contributed by atoms with E-state index in [1.165, 1.54) is 31.4 Å². The third kappa shape index (κ3) is 6.84. The molecular weight excluding hydrogens is 400 g/mol. The third-order valence-corrected chi connectivity index (χ3v) is 5.35. The maximum absolute atomic E-state index is 12.7. The number of nitrogens with zero attached hydrogens (tertiary/aromatic N) is 1. The van der Waals surface area contributed by atoms with Crippen LogP contribution in [0.4, 0.5) is 5.69 Å². The number of esters is 1. The standard InChI is InChI=1S/C19H22N2O7S/c1-3-28-19(22)12-18(15-5-4-6-17(11-15)27-2)20-29(25,26)13-14-7-9-16(10-8-14)21(23)24/h4-11,18,20H,3,12-13H2,1-2H3. The predicted molar refractivity (Wildman–Crippen MR) is 106 cm³/mol. The highest BCUT2D eigenvalue weighted by atomic mass is 32.2. The number of benzene rings is 2. The fraction of sp³-hybridized carbons (Fsp3) is 0.316. The Bertz CT molecular complexity index is 959. The molecule has 2 aromatic rings. The number of carbonyl (C=O) groups is 1. The molecule has 29 heavy (non-hydrogen) atoms. The van der Waals surface area contributed by atoms with Gasteiger partial charge in [0, 0.05) is 12.1 Å². The lowest BCUT2D eigenvalue weighted by atomic mass is 10.0. The monoisotopic (exact) mass is 422 g/mol. The van der Waals surface area contributed by atoms with E-state index in [0.29, 0.717) is 16.9 Å². The largest absolute Gasteiger partial charge is 0.497 e. The van der Waals surface area contributed by atoms with Crippen molar-refractivity contribution < 1.29 is 27.6 Å². The Morgan fingerprint density at radius 2 is 1.90 bits per heavy atom. The van der Waals surface area contributed by atoms with Crippen molar-refractivity contribution in [1.29, 1.82) is 0 Å². The molecule has 0 aromatic heterocycles. The summed E-state index contributed by atoms with van der Waals surface area (Å²) < 4.78 is 38.0. The number of carbonyl (C=O) groups excluding carboxylic acids is 1. The Hall–Kier alpha value is -2.98. The summed E-state index contributed by atoms with van der Waals surface area (Å²) in [7, 11) is -2.38. The van der Waals surface area contributed by atoms with Gasteiger partial charge in [0.05, 0.1) is 36.9 Å². The number of ether oxygens (including phenoxy) is 2. The zero-order valence-corrected chi connectivity index (χ0v) is 16.8. The number of nitro benzene ring substituents is 1. The zero-order chi connectivity index (χ0) is 21.4. The summed E-state index contributed by atoms with van der Waals surface area (Å²) in [4.78, 5) is 22.1. The van der Waals surface area contributed by atoms with Gasteiger partial charge in [0.1, 0.15) is 5.75 Å². The number of hydrogen-bond acceptors (Lipinski definition) is 7. The van der Waals surface area contributed by atoms with Crippen LogP contribution in [0.2, 0.25) is 0 Å². The van der Waals surface area contributed by atoms with Gasteiger partial charge < -0.3 is 9.47 Å². The molecule has 0 fully saturated rings. The van der Waals surface area contributed by atoms with Crippen molar-refractivity contribution in [3.63, 3.8) is 0 Å². The Balaban J connectivity index is 2.23. The molecule has 0 heterocycles. The van der Waals surface area contributed by atoms with E-state index in [4.69, 9.17) is 9.47 Å². The number of nitrogens with one attached hydrogen (secondary N) is 1. The molecule has 0 amide bonds.